The van der Waals surface area contributed by atoms with E-state index in [1.165, 1.54) is 31.2 Å². The number of rotatable bonds is 12. The second-order valence-corrected chi connectivity index (χ2v) is 10.2. The predicted octanol–water partition coefficient (Wildman–Crippen LogP) is 5.80. The summed E-state index contributed by atoms with van der Waals surface area (Å²) in [5, 5.41) is 0. The summed E-state index contributed by atoms with van der Waals surface area (Å²) in [6.07, 6.45) is 6.22. The largest absolute Gasteiger partial charge is 0.501 e. The van der Waals surface area contributed by atoms with Gasteiger partial charge in [0, 0.05) is 25.9 Å². The Balaban J connectivity index is 1.78. The monoisotopic (exact) mass is 394 g/mol. The highest BCUT2D eigenvalue weighted by Gasteiger charge is 2.39. The molecule has 1 aliphatic rings. The highest BCUT2D eigenvalue weighted by Crippen LogP contribution is 2.35. The van der Waals surface area contributed by atoms with Crippen molar-refractivity contribution in [3.63, 3.8) is 0 Å². The third-order valence-electron chi connectivity index (χ3n) is 5.36. The maximum Gasteiger partial charge on any atom is 0.501 e. The SMILES string of the molecule is CCO[Si](CCCOc1ccc([C@H]2CC[C@H](C)CC2)cc1)(OCC)OCC. The van der Waals surface area contributed by atoms with Gasteiger partial charge in [0.1, 0.15) is 5.75 Å². The molecule has 0 saturated heterocycles. The number of hydrogen-bond acceptors (Lipinski definition) is 4. The molecule has 2 rings (SSSR count). The Kier molecular flexibility index (Phi) is 9.83. The Morgan fingerprint density at radius 1 is 0.852 bits per heavy atom. The van der Waals surface area contributed by atoms with Gasteiger partial charge in [-0.25, -0.2) is 0 Å². The summed E-state index contributed by atoms with van der Waals surface area (Å²) in [6.45, 7) is 10.9. The van der Waals surface area contributed by atoms with Crippen molar-refractivity contribution in [3.05, 3.63) is 29.8 Å². The second kappa shape index (κ2) is 11.8. The summed E-state index contributed by atoms with van der Waals surface area (Å²) >= 11 is 0. The fraction of sp³-hybridized carbons (Fsp3) is 0.727. The lowest BCUT2D eigenvalue weighted by atomic mass is 9.79. The van der Waals surface area contributed by atoms with Crippen LogP contribution in [0.15, 0.2) is 24.3 Å². The van der Waals surface area contributed by atoms with Crippen LogP contribution < -0.4 is 4.74 Å². The van der Waals surface area contributed by atoms with Gasteiger partial charge in [0.25, 0.3) is 0 Å². The van der Waals surface area contributed by atoms with Gasteiger partial charge in [-0.15, -0.1) is 0 Å². The Morgan fingerprint density at radius 2 is 1.41 bits per heavy atom. The van der Waals surface area contributed by atoms with Gasteiger partial charge in [0.15, 0.2) is 0 Å². The van der Waals surface area contributed by atoms with E-state index < -0.39 is 8.80 Å². The maximum absolute atomic E-state index is 5.95. The van der Waals surface area contributed by atoms with Gasteiger partial charge in [-0.2, -0.15) is 0 Å². The highest BCUT2D eigenvalue weighted by atomic mass is 28.4. The molecule has 0 N–H and O–H groups in total. The number of ether oxygens (including phenoxy) is 1. The van der Waals surface area contributed by atoms with Crippen molar-refractivity contribution < 1.29 is 18.0 Å². The van der Waals surface area contributed by atoms with Crippen LogP contribution in [0.1, 0.15) is 71.3 Å². The Bertz CT molecular complexity index is 495. The smallest absolute Gasteiger partial charge is 0.494 e. The van der Waals surface area contributed by atoms with Crippen LogP contribution in [0.25, 0.3) is 0 Å². The van der Waals surface area contributed by atoms with Crippen molar-refractivity contribution >= 4 is 8.80 Å². The van der Waals surface area contributed by atoms with E-state index in [9.17, 15) is 0 Å². The molecule has 5 heteroatoms. The molecule has 0 heterocycles. The van der Waals surface area contributed by atoms with Crippen molar-refractivity contribution in [2.24, 2.45) is 5.92 Å². The van der Waals surface area contributed by atoms with E-state index in [0.717, 1.165) is 30.1 Å². The molecule has 1 fully saturated rings. The third kappa shape index (κ3) is 7.22. The third-order valence-corrected chi connectivity index (χ3v) is 8.51. The molecule has 0 atom stereocenters. The number of benzene rings is 1. The molecule has 0 aromatic heterocycles. The number of hydrogen-bond donors (Lipinski definition) is 0. The quantitative estimate of drug-likeness (QED) is 0.332. The van der Waals surface area contributed by atoms with Crippen molar-refractivity contribution in [1.82, 2.24) is 0 Å². The predicted molar refractivity (Wildman–Crippen MR) is 112 cm³/mol. The van der Waals surface area contributed by atoms with Crippen LogP contribution in [0, 0.1) is 5.92 Å². The van der Waals surface area contributed by atoms with Gasteiger partial charge < -0.3 is 18.0 Å². The zero-order valence-corrected chi connectivity index (χ0v) is 18.7. The summed E-state index contributed by atoms with van der Waals surface area (Å²) in [5.74, 6) is 2.56. The lowest BCUT2D eigenvalue weighted by Crippen LogP contribution is -2.46. The van der Waals surface area contributed by atoms with Gasteiger partial charge in [0.05, 0.1) is 6.61 Å². The molecule has 0 spiro atoms. The Labute approximate surface area is 166 Å². The topological polar surface area (TPSA) is 36.9 Å². The molecule has 1 aromatic carbocycles. The lowest BCUT2D eigenvalue weighted by Gasteiger charge is -2.28. The average Bonchev–Trinajstić information content (AvgIpc) is 2.67. The molecule has 4 nitrogen and oxygen atoms in total. The fourth-order valence-electron chi connectivity index (χ4n) is 3.91. The molecule has 0 unspecified atom stereocenters. The first-order valence-electron chi connectivity index (χ1n) is 10.8. The molecular formula is C22H38O4Si. The lowest BCUT2D eigenvalue weighted by molar-refractivity contribution is 0.0696. The van der Waals surface area contributed by atoms with Gasteiger partial charge >= 0.3 is 8.80 Å². The Morgan fingerprint density at radius 3 is 1.93 bits per heavy atom. The molecule has 154 valence electrons. The molecule has 0 aliphatic heterocycles. The van der Waals surface area contributed by atoms with Crippen LogP contribution >= 0.6 is 0 Å². The van der Waals surface area contributed by atoms with E-state index in [1.54, 1.807) is 0 Å². The zero-order valence-electron chi connectivity index (χ0n) is 17.7. The standard InChI is InChI=1S/C22H38O4Si/c1-5-24-27(25-6-2,26-7-3)18-8-17-23-22-15-13-21(14-16-22)20-11-9-19(4)10-12-20/h13-16,19-20H,5-12,17-18H2,1-4H3/t19-,20-. The van der Waals surface area contributed by atoms with Crippen molar-refractivity contribution in [1.29, 1.82) is 0 Å². The first kappa shape index (κ1) is 22.4. The molecular weight excluding hydrogens is 356 g/mol. The normalized spacial score (nSPS) is 20.6. The van der Waals surface area contributed by atoms with E-state index in [1.807, 2.05) is 20.8 Å². The zero-order chi connectivity index (χ0) is 19.5. The molecule has 0 amide bonds. The van der Waals surface area contributed by atoms with Crippen LogP contribution in [0.2, 0.25) is 6.04 Å². The van der Waals surface area contributed by atoms with Crippen LogP contribution in [-0.2, 0) is 13.3 Å². The summed E-state index contributed by atoms with van der Waals surface area (Å²) in [5.41, 5.74) is 1.46. The van der Waals surface area contributed by atoms with Crippen molar-refractivity contribution in [2.45, 2.75) is 71.8 Å². The van der Waals surface area contributed by atoms with Gasteiger partial charge in [-0.3, -0.25) is 0 Å². The van der Waals surface area contributed by atoms with E-state index >= 15 is 0 Å². The van der Waals surface area contributed by atoms with Crippen LogP contribution in [0.4, 0.5) is 0 Å². The van der Waals surface area contributed by atoms with E-state index in [2.05, 4.69) is 31.2 Å². The minimum Gasteiger partial charge on any atom is -0.494 e. The second-order valence-electron chi connectivity index (χ2n) is 7.46. The summed E-state index contributed by atoms with van der Waals surface area (Å²) in [4.78, 5) is 0. The first-order valence-corrected chi connectivity index (χ1v) is 12.7. The summed E-state index contributed by atoms with van der Waals surface area (Å²) < 4.78 is 23.6. The van der Waals surface area contributed by atoms with E-state index in [0.29, 0.717) is 26.4 Å². The molecule has 27 heavy (non-hydrogen) atoms. The van der Waals surface area contributed by atoms with Gasteiger partial charge in [-0.05, 0) is 69.6 Å². The fourth-order valence-corrected chi connectivity index (χ4v) is 6.49. The van der Waals surface area contributed by atoms with Gasteiger partial charge in [0.2, 0.25) is 0 Å². The molecule has 1 aromatic rings. The summed E-state index contributed by atoms with van der Waals surface area (Å²) in [7, 11) is -2.55. The van der Waals surface area contributed by atoms with Crippen LogP contribution in [0.3, 0.4) is 0 Å². The van der Waals surface area contributed by atoms with E-state index in [4.69, 9.17) is 18.0 Å². The first-order chi connectivity index (χ1) is 13.1. The summed E-state index contributed by atoms with van der Waals surface area (Å²) in [6, 6.07) is 9.52. The van der Waals surface area contributed by atoms with Crippen molar-refractivity contribution in [2.75, 3.05) is 26.4 Å². The minimum absolute atomic E-state index is 0.620. The van der Waals surface area contributed by atoms with Gasteiger partial charge in [-0.1, -0.05) is 31.9 Å². The molecule has 1 saturated carbocycles. The molecule has 0 bridgehead atoms. The highest BCUT2D eigenvalue weighted by molar-refractivity contribution is 6.60. The van der Waals surface area contributed by atoms with E-state index in [-0.39, 0.29) is 0 Å². The minimum atomic E-state index is -2.55. The van der Waals surface area contributed by atoms with Crippen LogP contribution in [-0.4, -0.2) is 35.2 Å². The van der Waals surface area contributed by atoms with Crippen LogP contribution in [0.5, 0.6) is 5.75 Å². The average molecular weight is 395 g/mol. The van der Waals surface area contributed by atoms with Crippen molar-refractivity contribution in [3.8, 4) is 5.75 Å². The molecule has 1 aliphatic carbocycles. The molecule has 0 radical (unpaired) electrons. The Hall–Kier alpha value is -0.883. The maximum atomic E-state index is 5.95.